The highest BCUT2D eigenvalue weighted by Gasteiger charge is 2.20. The van der Waals surface area contributed by atoms with Crippen molar-refractivity contribution in [2.45, 2.75) is 13.5 Å². The summed E-state index contributed by atoms with van der Waals surface area (Å²) >= 11 is 0. The molecule has 1 saturated heterocycles. The second kappa shape index (κ2) is 8.68. The van der Waals surface area contributed by atoms with Crippen LogP contribution >= 0.6 is 0 Å². The first-order chi connectivity index (χ1) is 14.2. The molecule has 0 spiro atoms. The van der Waals surface area contributed by atoms with Crippen molar-refractivity contribution in [1.82, 2.24) is 20.3 Å². The van der Waals surface area contributed by atoms with Crippen LogP contribution in [-0.2, 0) is 6.54 Å². The van der Waals surface area contributed by atoms with E-state index in [0.717, 1.165) is 43.4 Å². The second-order valence-electron chi connectivity index (χ2n) is 7.09. The van der Waals surface area contributed by atoms with Gasteiger partial charge < -0.3 is 15.1 Å². The highest BCUT2D eigenvalue weighted by Crippen LogP contribution is 2.18. The van der Waals surface area contributed by atoms with E-state index in [0.29, 0.717) is 12.2 Å². The summed E-state index contributed by atoms with van der Waals surface area (Å²) in [7, 11) is 0. The van der Waals surface area contributed by atoms with Crippen molar-refractivity contribution in [3.63, 3.8) is 0 Å². The summed E-state index contributed by atoms with van der Waals surface area (Å²) in [5, 5.41) is 2.95. The molecule has 2 aromatic heterocycles. The number of hydrogen-bond donors (Lipinski definition) is 1. The highest BCUT2D eigenvalue weighted by molar-refractivity contribution is 5.93. The maximum Gasteiger partial charge on any atom is 0.270 e. The Hall–Kier alpha value is -3.48. The number of carbonyl (C=O) groups excluding carboxylic acids is 1. The quantitative estimate of drug-likeness (QED) is 0.724. The van der Waals surface area contributed by atoms with Gasteiger partial charge in [-0.1, -0.05) is 29.8 Å². The van der Waals surface area contributed by atoms with Crippen LogP contribution in [0.3, 0.4) is 0 Å². The van der Waals surface area contributed by atoms with E-state index in [4.69, 9.17) is 0 Å². The van der Waals surface area contributed by atoms with Gasteiger partial charge >= 0.3 is 0 Å². The number of pyridine rings is 1. The van der Waals surface area contributed by atoms with Crippen LogP contribution in [0.5, 0.6) is 0 Å². The molecule has 1 N–H and O–H groups in total. The standard InChI is InChI=1S/C22H24N6O/c1-17-3-5-18(6-4-17)16-26-21(29)20-15-19(7-10-23-20)27-11-13-28(14-12-27)22-24-8-2-9-25-22/h2-10,15H,11-14,16H2,1H3,(H,26,29). The van der Waals surface area contributed by atoms with Crippen LogP contribution in [0.2, 0.25) is 0 Å². The molecule has 4 rings (SSSR count). The van der Waals surface area contributed by atoms with Gasteiger partial charge in [-0.25, -0.2) is 9.97 Å². The van der Waals surface area contributed by atoms with Crippen molar-refractivity contribution in [2.75, 3.05) is 36.0 Å². The summed E-state index contributed by atoms with van der Waals surface area (Å²) in [6.45, 7) is 5.88. The van der Waals surface area contributed by atoms with Gasteiger partial charge in [0, 0.05) is 57.0 Å². The molecule has 1 aliphatic rings. The molecule has 1 amide bonds. The summed E-state index contributed by atoms with van der Waals surface area (Å²) < 4.78 is 0. The Balaban J connectivity index is 1.36. The molecule has 148 valence electrons. The first kappa shape index (κ1) is 18.9. The fourth-order valence-corrected chi connectivity index (χ4v) is 3.34. The number of hydrogen-bond acceptors (Lipinski definition) is 6. The normalized spacial score (nSPS) is 14.0. The lowest BCUT2D eigenvalue weighted by Crippen LogP contribution is -2.47. The Morgan fingerprint density at radius 2 is 1.62 bits per heavy atom. The van der Waals surface area contributed by atoms with Crippen molar-refractivity contribution in [3.8, 4) is 0 Å². The van der Waals surface area contributed by atoms with Crippen molar-refractivity contribution in [3.05, 3.63) is 77.9 Å². The van der Waals surface area contributed by atoms with Gasteiger partial charge in [-0.3, -0.25) is 9.78 Å². The van der Waals surface area contributed by atoms with Gasteiger partial charge in [-0.05, 0) is 30.7 Å². The third-order valence-electron chi connectivity index (χ3n) is 5.03. The third-order valence-corrected chi connectivity index (χ3v) is 5.03. The SMILES string of the molecule is Cc1ccc(CNC(=O)c2cc(N3CCN(c4ncccn4)CC3)ccn2)cc1. The first-order valence-electron chi connectivity index (χ1n) is 9.76. The van der Waals surface area contributed by atoms with Crippen molar-refractivity contribution in [2.24, 2.45) is 0 Å². The van der Waals surface area contributed by atoms with Crippen LogP contribution in [0, 0.1) is 6.92 Å². The van der Waals surface area contributed by atoms with Crippen LogP contribution in [-0.4, -0.2) is 47.0 Å². The molecule has 7 heteroatoms. The maximum atomic E-state index is 12.5. The van der Waals surface area contributed by atoms with Gasteiger partial charge in [0.05, 0.1) is 0 Å². The molecule has 1 fully saturated rings. The third kappa shape index (κ3) is 4.68. The number of aryl methyl sites for hydroxylation is 1. The zero-order chi connectivity index (χ0) is 20.1. The molecule has 0 bridgehead atoms. The summed E-state index contributed by atoms with van der Waals surface area (Å²) in [5.41, 5.74) is 3.71. The first-order valence-corrected chi connectivity index (χ1v) is 9.76. The summed E-state index contributed by atoms with van der Waals surface area (Å²) in [6.07, 6.45) is 5.22. The fraction of sp³-hybridized carbons (Fsp3) is 0.273. The Morgan fingerprint density at radius 3 is 2.34 bits per heavy atom. The van der Waals surface area contributed by atoms with E-state index in [2.05, 4.69) is 30.1 Å². The van der Waals surface area contributed by atoms with E-state index < -0.39 is 0 Å². The topological polar surface area (TPSA) is 74.2 Å². The van der Waals surface area contributed by atoms with Gasteiger partial charge in [-0.15, -0.1) is 0 Å². The van der Waals surface area contributed by atoms with E-state index in [1.54, 1.807) is 18.6 Å². The molecule has 0 aliphatic carbocycles. The zero-order valence-corrected chi connectivity index (χ0v) is 16.5. The van der Waals surface area contributed by atoms with Gasteiger partial charge in [0.15, 0.2) is 0 Å². The fourth-order valence-electron chi connectivity index (χ4n) is 3.34. The highest BCUT2D eigenvalue weighted by atomic mass is 16.1. The molecule has 0 radical (unpaired) electrons. The van der Waals surface area contributed by atoms with Crippen LogP contribution in [0.25, 0.3) is 0 Å². The summed E-state index contributed by atoms with van der Waals surface area (Å²) in [4.78, 5) is 29.9. The number of benzene rings is 1. The van der Waals surface area contributed by atoms with Gasteiger partial charge in [0.25, 0.3) is 5.91 Å². The number of rotatable bonds is 5. The van der Waals surface area contributed by atoms with Crippen LogP contribution in [0.1, 0.15) is 21.6 Å². The minimum Gasteiger partial charge on any atom is -0.368 e. The molecule has 1 aliphatic heterocycles. The number of nitrogens with zero attached hydrogens (tertiary/aromatic N) is 5. The van der Waals surface area contributed by atoms with Gasteiger partial charge in [0.2, 0.25) is 5.95 Å². The average molecular weight is 388 g/mol. The lowest BCUT2D eigenvalue weighted by molar-refractivity contribution is 0.0946. The average Bonchev–Trinajstić information content (AvgIpc) is 2.79. The molecule has 0 atom stereocenters. The molecule has 7 nitrogen and oxygen atoms in total. The molecular formula is C22H24N6O. The van der Waals surface area contributed by atoms with Crippen LogP contribution in [0.15, 0.2) is 61.1 Å². The molecule has 0 saturated carbocycles. The van der Waals surface area contributed by atoms with Gasteiger partial charge in [-0.2, -0.15) is 0 Å². The lowest BCUT2D eigenvalue weighted by Gasteiger charge is -2.36. The van der Waals surface area contributed by atoms with E-state index in [1.807, 2.05) is 49.4 Å². The predicted octanol–water partition coefficient (Wildman–Crippen LogP) is 2.44. The van der Waals surface area contributed by atoms with Crippen molar-refractivity contribution >= 4 is 17.5 Å². The zero-order valence-electron chi connectivity index (χ0n) is 16.5. The largest absolute Gasteiger partial charge is 0.368 e. The smallest absolute Gasteiger partial charge is 0.270 e. The molecule has 29 heavy (non-hydrogen) atoms. The molecule has 1 aromatic carbocycles. The van der Waals surface area contributed by atoms with Crippen molar-refractivity contribution in [1.29, 1.82) is 0 Å². The van der Waals surface area contributed by atoms with Crippen molar-refractivity contribution < 1.29 is 4.79 Å². The molecule has 3 aromatic rings. The molecular weight excluding hydrogens is 364 g/mol. The van der Waals surface area contributed by atoms with Gasteiger partial charge in [0.1, 0.15) is 5.69 Å². The second-order valence-corrected chi connectivity index (χ2v) is 7.09. The summed E-state index contributed by atoms with van der Waals surface area (Å²) in [5.74, 6) is 0.599. The van der Waals surface area contributed by atoms with Crippen LogP contribution < -0.4 is 15.1 Å². The Kier molecular flexibility index (Phi) is 5.65. The number of carbonyl (C=O) groups is 1. The number of piperazine rings is 1. The monoisotopic (exact) mass is 388 g/mol. The minimum absolute atomic E-state index is 0.163. The lowest BCUT2D eigenvalue weighted by atomic mass is 10.1. The van der Waals surface area contributed by atoms with E-state index in [-0.39, 0.29) is 5.91 Å². The molecule has 0 unspecified atom stereocenters. The minimum atomic E-state index is -0.163. The predicted molar refractivity (Wildman–Crippen MR) is 113 cm³/mol. The van der Waals surface area contributed by atoms with E-state index >= 15 is 0 Å². The number of nitrogens with one attached hydrogen (secondary N) is 1. The van der Waals surface area contributed by atoms with Crippen LogP contribution in [0.4, 0.5) is 11.6 Å². The summed E-state index contributed by atoms with van der Waals surface area (Å²) in [6, 6.07) is 13.8. The molecule has 3 heterocycles. The Morgan fingerprint density at radius 1 is 0.931 bits per heavy atom. The number of anilines is 2. The Labute approximate surface area is 170 Å². The number of amides is 1. The number of aromatic nitrogens is 3. The van der Waals surface area contributed by atoms with E-state index in [9.17, 15) is 4.79 Å². The Bertz CT molecular complexity index is 953. The van der Waals surface area contributed by atoms with E-state index in [1.165, 1.54) is 5.56 Å². The maximum absolute atomic E-state index is 12.5.